The number of fused-ring (bicyclic) bond motifs is 1. The molecule has 108 valence electrons. The minimum absolute atomic E-state index is 0.136. The van der Waals surface area contributed by atoms with E-state index in [0.717, 1.165) is 5.69 Å². The third kappa shape index (κ3) is 2.63. The van der Waals surface area contributed by atoms with E-state index in [1.165, 1.54) is 30.1 Å². The molecule has 8 heteroatoms. The van der Waals surface area contributed by atoms with E-state index in [9.17, 15) is 19.5 Å². The first-order valence-corrected chi connectivity index (χ1v) is 6.15. The molecule has 0 saturated heterocycles. The van der Waals surface area contributed by atoms with Crippen LogP contribution in [0.3, 0.4) is 0 Å². The van der Waals surface area contributed by atoms with Gasteiger partial charge in [0.25, 0.3) is 0 Å². The van der Waals surface area contributed by atoms with E-state index >= 15 is 0 Å². The summed E-state index contributed by atoms with van der Waals surface area (Å²) in [5.74, 6) is -1.71. The number of carboxylic acids is 1. The summed E-state index contributed by atoms with van der Waals surface area (Å²) in [7, 11) is 1.50. The molecule has 1 atom stereocenters. The van der Waals surface area contributed by atoms with Gasteiger partial charge >= 0.3 is 5.97 Å². The zero-order valence-corrected chi connectivity index (χ0v) is 11.3. The lowest BCUT2D eigenvalue weighted by Gasteiger charge is -2.33. The van der Waals surface area contributed by atoms with Crippen molar-refractivity contribution in [1.29, 1.82) is 0 Å². The number of carbonyl (C=O) groups is 3. The minimum atomic E-state index is -1.07. The maximum atomic E-state index is 12.2. The number of rotatable bonds is 3. The van der Waals surface area contributed by atoms with Gasteiger partial charge < -0.3 is 19.9 Å². The van der Waals surface area contributed by atoms with Gasteiger partial charge in [0.15, 0.2) is 0 Å². The Kier molecular flexibility index (Phi) is 3.73. The van der Waals surface area contributed by atoms with Crippen molar-refractivity contribution >= 4 is 17.8 Å². The molecule has 0 radical (unpaired) electrons. The topological polar surface area (TPSA) is 107 Å². The number of amides is 2. The van der Waals surface area contributed by atoms with Crippen LogP contribution in [0.5, 0.6) is 0 Å². The van der Waals surface area contributed by atoms with Gasteiger partial charge in [-0.15, -0.1) is 0 Å². The van der Waals surface area contributed by atoms with Gasteiger partial charge in [-0.25, -0.2) is 9.78 Å². The zero-order chi connectivity index (χ0) is 14.9. The Bertz CT molecular complexity index is 553. The van der Waals surface area contributed by atoms with Crippen LogP contribution in [0.1, 0.15) is 18.3 Å². The molecule has 0 spiro atoms. The Hall–Kier alpha value is -2.38. The average Bonchev–Trinajstić information content (AvgIpc) is 2.83. The second-order valence-corrected chi connectivity index (χ2v) is 4.78. The van der Waals surface area contributed by atoms with Crippen LogP contribution in [-0.4, -0.2) is 62.3 Å². The highest BCUT2D eigenvalue weighted by Gasteiger charge is 2.36. The molecule has 2 heterocycles. The van der Waals surface area contributed by atoms with Gasteiger partial charge in [-0.3, -0.25) is 9.59 Å². The molecule has 2 amide bonds. The Morgan fingerprint density at radius 1 is 1.55 bits per heavy atom. The molecule has 2 rings (SSSR count). The van der Waals surface area contributed by atoms with Crippen LogP contribution < -0.4 is 0 Å². The van der Waals surface area contributed by atoms with E-state index in [-0.39, 0.29) is 25.4 Å². The summed E-state index contributed by atoms with van der Waals surface area (Å²) in [4.78, 5) is 44.1. The van der Waals surface area contributed by atoms with Crippen LogP contribution in [0.25, 0.3) is 0 Å². The molecule has 2 N–H and O–H groups in total. The van der Waals surface area contributed by atoms with E-state index in [0.29, 0.717) is 5.69 Å². The van der Waals surface area contributed by atoms with Crippen molar-refractivity contribution in [3.63, 3.8) is 0 Å². The number of nitrogens with one attached hydrogen (secondary N) is 1. The van der Waals surface area contributed by atoms with E-state index < -0.39 is 17.9 Å². The lowest BCUT2D eigenvalue weighted by Crippen LogP contribution is -2.51. The van der Waals surface area contributed by atoms with Crippen molar-refractivity contribution in [2.24, 2.45) is 0 Å². The van der Waals surface area contributed by atoms with Gasteiger partial charge in [0.1, 0.15) is 6.04 Å². The molecule has 1 aromatic heterocycles. The van der Waals surface area contributed by atoms with Crippen molar-refractivity contribution in [2.75, 3.05) is 13.6 Å². The first kappa shape index (κ1) is 14.0. The second-order valence-electron chi connectivity index (χ2n) is 4.78. The normalized spacial score (nSPS) is 17.5. The third-order valence-electron chi connectivity index (χ3n) is 3.41. The van der Waals surface area contributed by atoms with Crippen LogP contribution in [0.4, 0.5) is 0 Å². The van der Waals surface area contributed by atoms with Crippen molar-refractivity contribution in [2.45, 2.75) is 25.9 Å². The largest absolute Gasteiger partial charge is 0.480 e. The van der Waals surface area contributed by atoms with E-state index in [2.05, 4.69) is 9.97 Å². The van der Waals surface area contributed by atoms with Crippen LogP contribution >= 0.6 is 0 Å². The SMILES string of the molecule is CC(=O)N(C)CC(=O)N1Cc2[nH]cnc2CC1C(=O)O. The Morgan fingerprint density at radius 2 is 2.25 bits per heavy atom. The Labute approximate surface area is 115 Å². The number of H-pyrrole nitrogens is 1. The summed E-state index contributed by atoms with van der Waals surface area (Å²) in [6.07, 6.45) is 1.66. The van der Waals surface area contributed by atoms with Crippen LogP contribution in [0.15, 0.2) is 6.33 Å². The molecule has 1 aliphatic rings. The summed E-state index contributed by atoms with van der Waals surface area (Å²) >= 11 is 0. The fraction of sp³-hybridized carbons (Fsp3) is 0.500. The molecule has 20 heavy (non-hydrogen) atoms. The van der Waals surface area contributed by atoms with Crippen LogP contribution in [0, 0.1) is 0 Å². The number of carbonyl (C=O) groups excluding carboxylic acids is 2. The van der Waals surface area contributed by atoms with Crippen molar-refractivity contribution in [1.82, 2.24) is 19.8 Å². The summed E-state index contributed by atoms with van der Waals surface area (Å²) < 4.78 is 0. The number of hydrogen-bond donors (Lipinski definition) is 2. The minimum Gasteiger partial charge on any atom is -0.480 e. The summed E-state index contributed by atoms with van der Waals surface area (Å²) in [6.45, 7) is 1.38. The standard InChI is InChI=1S/C12H16N4O4/c1-7(17)15(2)5-11(18)16-4-9-8(13-6-14-9)3-10(16)12(19)20/h6,10H,3-5H2,1-2H3,(H,13,14)(H,19,20). The molecule has 0 aliphatic carbocycles. The number of hydrogen-bond acceptors (Lipinski definition) is 4. The number of aliphatic carboxylic acids is 1. The maximum absolute atomic E-state index is 12.2. The van der Waals surface area contributed by atoms with Gasteiger partial charge in [-0.1, -0.05) is 0 Å². The van der Waals surface area contributed by atoms with Crippen molar-refractivity contribution in [3.05, 3.63) is 17.7 Å². The molecule has 0 fully saturated rings. The number of aromatic nitrogens is 2. The molecule has 0 saturated carbocycles. The molecule has 0 bridgehead atoms. The van der Waals surface area contributed by atoms with E-state index in [4.69, 9.17) is 0 Å². The third-order valence-corrected chi connectivity index (χ3v) is 3.41. The van der Waals surface area contributed by atoms with E-state index in [1.807, 2.05) is 0 Å². The quantitative estimate of drug-likeness (QED) is 0.756. The predicted molar refractivity (Wildman–Crippen MR) is 67.6 cm³/mol. The molecule has 1 unspecified atom stereocenters. The number of likely N-dealkylation sites (N-methyl/N-ethyl adjacent to an activating group) is 1. The average molecular weight is 280 g/mol. The first-order valence-electron chi connectivity index (χ1n) is 6.15. The van der Waals surface area contributed by atoms with E-state index in [1.54, 1.807) is 0 Å². The molecule has 8 nitrogen and oxygen atoms in total. The maximum Gasteiger partial charge on any atom is 0.326 e. The smallest absolute Gasteiger partial charge is 0.326 e. The van der Waals surface area contributed by atoms with Crippen LogP contribution in [-0.2, 0) is 27.3 Å². The van der Waals surface area contributed by atoms with Gasteiger partial charge in [0, 0.05) is 20.4 Å². The van der Waals surface area contributed by atoms with Gasteiger partial charge in [0.05, 0.1) is 30.8 Å². The van der Waals surface area contributed by atoms with Crippen LogP contribution in [0.2, 0.25) is 0 Å². The molecular formula is C12H16N4O4. The van der Waals surface area contributed by atoms with Gasteiger partial charge in [-0.2, -0.15) is 0 Å². The number of imidazole rings is 1. The molecule has 0 aromatic carbocycles. The number of aromatic amines is 1. The Balaban J connectivity index is 2.18. The lowest BCUT2D eigenvalue weighted by molar-refractivity contribution is -0.152. The van der Waals surface area contributed by atoms with Crippen molar-refractivity contribution in [3.8, 4) is 0 Å². The fourth-order valence-corrected chi connectivity index (χ4v) is 2.12. The highest BCUT2D eigenvalue weighted by atomic mass is 16.4. The lowest BCUT2D eigenvalue weighted by atomic mass is 10.0. The second kappa shape index (κ2) is 5.32. The zero-order valence-electron chi connectivity index (χ0n) is 11.3. The summed E-state index contributed by atoms with van der Waals surface area (Å²) in [5, 5.41) is 9.25. The fourth-order valence-electron chi connectivity index (χ4n) is 2.12. The molecule has 1 aliphatic heterocycles. The predicted octanol–water partition coefficient (Wildman–Crippen LogP) is -0.774. The summed E-state index contributed by atoms with van der Waals surface area (Å²) in [5.41, 5.74) is 1.41. The van der Waals surface area contributed by atoms with Crippen molar-refractivity contribution < 1.29 is 19.5 Å². The molecular weight excluding hydrogens is 264 g/mol. The number of nitrogens with zero attached hydrogens (tertiary/aromatic N) is 3. The monoisotopic (exact) mass is 280 g/mol. The molecule has 1 aromatic rings. The van der Waals surface area contributed by atoms with Gasteiger partial charge in [0.2, 0.25) is 11.8 Å². The first-order chi connectivity index (χ1) is 9.40. The highest BCUT2D eigenvalue weighted by molar-refractivity contribution is 5.87. The highest BCUT2D eigenvalue weighted by Crippen LogP contribution is 2.21. The number of carboxylic acid groups (broad SMARTS) is 1. The van der Waals surface area contributed by atoms with Gasteiger partial charge in [-0.05, 0) is 0 Å². The summed E-state index contributed by atoms with van der Waals surface area (Å²) in [6, 6.07) is -0.946. The Morgan fingerprint density at radius 3 is 2.85 bits per heavy atom.